The summed E-state index contributed by atoms with van der Waals surface area (Å²) in [7, 11) is -1.80. The summed E-state index contributed by atoms with van der Waals surface area (Å²) in [6, 6.07) is 11.6. The molecule has 0 bridgehead atoms. The molecule has 0 radical (unpaired) electrons. The number of carbonyl (C=O) groups excluding carboxylic acids is 1. The lowest BCUT2D eigenvalue weighted by molar-refractivity contribution is 0.0725. The van der Waals surface area contributed by atoms with E-state index in [1.54, 1.807) is 29.5 Å². The largest absolute Gasteiger partial charge is 0.339 e. The maximum Gasteiger partial charge on any atom is 0.253 e. The number of amides is 1. The molecule has 6 nitrogen and oxygen atoms in total. The fraction of sp³-hybridized carbons (Fsp3) is 0.300. The van der Waals surface area contributed by atoms with E-state index in [0.717, 1.165) is 5.56 Å². The van der Waals surface area contributed by atoms with Crippen LogP contribution in [0.15, 0.2) is 59.3 Å². The Labute approximate surface area is 168 Å². The number of nitrogens with zero attached hydrogens (tertiary/aromatic N) is 3. The van der Waals surface area contributed by atoms with Crippen LogP contribution in [0.2, 0.25) is 0 Å². The van der Waals surface area contributed by atoms with E-state index in [1.165, 1.54) is 15.6 Å². The summed E-state index contributed by atoms with van der Waals surface area (Å²) in [5.74, 6) is -0.0504. The Morgan fingerprint density at radius 3 is 2.43 bits per heavy atom. The number of carbonyl (C=O) groups is 1. The highest BCUT2D eigenvalue weighted by atomic mass is 32.2. The SMILES string of the molecule is Cn1ccnc1S(=O)(=O)C1CCN(C(=O)c2ccc(-c3cccs3)cc2)CC1. The first-order valence-electron chi connectivity index (χ1n) is 9.11. The molecular formula is C20H21N3O3S2. The standard InChI is InChI=1S/C20H21N3O3S2/c1-22-13-10-21-20(22)28(25,26)17-8-11-23(12-9-17)19(24)16-6-4-15(5-7-16)18-3-2-14-27-18/h2-7,10,13-14,17H,8-9,11-12H2,1H3. The van der Waals surface area contributed by atoms with E-state index in [2.05, 4.69) is 4.98 Å². The average molecular weight is 416 g/mol. The van der Waals surface area contributed by atoms with Crippen molar-refractivity contribution in [2.45, 2.75) is 23.2 Å². The van der Waals surface area contributed by atoms with Crippen LogP contribution in [0.25, 0.3) is 10.4 Å². The minimum Gasteiger partial charge on any atom is -0.339 e. The quantitative estimate of drug-likeness (QED) is 0.656. The Kier molecular flexibility index (Phi) is 5.07. The van der Waals surface area contributed by atoms with Crippen molar-refractivity contribution in [1.29, 1.82) is 0 Å². The molecule has 1 aromatic carbocycles. The van der Waals surface area contributed by atoms with Gasteiger partial charge in [0.25, 0.3) is 5.91 Å². The summed E-state index contributed by atoms with van der Waals surface area (Å²) >= 11 is 1.66. The second kappa shape index (κ2) is 7.52. The van der Waals surface area contributed by atoms with Crippen molar-refractivity contribution in [3.8, 4) is 10.4 Å². The van der Waals surface area contributed by atoms with Crippen molar-refractivity contribution in [1.82, 2.24) is 14.5 Å². The third-order valence-electron chi connectivity index (χ3n) is 5.14. The molecule has 0 saturated carbocycles. The second-order valence-electron chi connectivity index (χ2n) is 6.91. The monoisotopic (exact) mass is 415 g/mol. The average Bonchev–Trinajstić information content (AvgIpc) is 3.40. The number of sulfone groups is 1. The van der Waals surface area contributed by atoms with Gasteiger partial charge >= 0.3 is 0 Å². The van der Waals surface area contributed by atoms with Crippen LogP contribution in [0.4, 0.5) is 0 Å². The van der Waals surface area contributed by atoms with Crippen LogP contribution >= 0.6 is 11.3 Å². The van der Waals surface area contributed by atoms with Crippen LogP contribution in [0.5, 0.6) is 0 Å². The van der Waals surface area contributed by atoms with E-state index in [4.69, 9.17) is 0 Å². The molecule has 2 aromatic heterocycles. The first-order valence-corrected chi connectivity index (χ1v) is 11.5. The number of aromatic nitrogens is 2. The highest BCUT2D eigenvalue weighted by Crippen LogP contribution is 2.27. The first kappa shape index (κ1) is 18.9. The lowest BCUT2D eigenvalue weighted by atomic mass is 10.1. The third kappa shape index (κ3) is 3.49. The van der Waals surface area contributed by atoms with Crippen LogP contribution in [0.3, 0.4) is 0 Å². The number of imidazole rings is 1. The van der Waals surface area contributed by atoms with Crippen molar-refractivity contribution in [3.63, 3.8) is 0 Å². The van der Waals surface area contributed by atoms with Gasteiger partial charge in [-0.2, -0.15) is 0 Å². The number of rotatable bonds is 4. The Morgan fingerprint density at radius 2 is 1.86 bits per heavy atom. The molecule has 0 N–H and O–H groups in total. The molecule has 1 amide bonds. The number of aryl methyl sites for hydroxylation is 1. The molecule has 3 heterocycles. The molecule has 0 aliphatic carbocycles. The number of hydrogen-bond donors (Lipinski definition) is 0. The first-order chi connectivity index (χ1) is 13.5. The summed E-state index contributed by atoms with van der Waals surface area (Å²) < 4.78 is 27.1. The maximum absolute atomic E-state index is 12.8. The van der Waals surface area contributed by atoms with Gasteiger partial charge in [0.15, 0.2) is 0 Å². The van der Waals surface area contributed by atoms with Crippen molar-refractivity contribution in [2.75, 3.05) is 13.1 Å². The molecule has 146 valence electrons. The van der Waals surface area contributed by atoms with Gasteiger partial charge in [-0.1, -0.05) is 18.2 Å². The van der Waals surface area contributed by atoms with E-state index in [1.807, 2.05) is 41.8 Å². The van der Waals surface area contributed by atoms with E-state index < -0.39 is 15.1 Å². The van der Waals surface area contributed by atoms with Crippen molar-refractivity contribution < 1.29 is 13.2 Å². The highest BCUT2D eigenvalue weighted by Gasteiger charge is 2.35. The number of hydrogen-bond acceptors (Lipinski definition) is 5. The van der Waals surface area contributed by atoms with Gasteiger partial charge in [0.1, 0.15) is 0 Å². The van der Waals surface area contributed by atoms with Gasteiger partial charge < -0.3 is 9.47 Å². The number of piperidine rings is 1. The molecule has 1 aliphatic heterocycles. The van der Waals surface area contributed by atoms with Gasteiger partial charge in [0, 0.05) is 43.0 Å². The Bertz CT molecular complexity index is 1060. The number of benzene rings is 1. The molecule has 0 unspecified atom stereocenters. The molecule has 28 heavy (non-hydrogen) atoms. The van der Waals surface area contributed by atoms with Crippen molar-refractivity contribution in [2.24, 2.45) is 7.05 Å². The summed E-state index contributed by atoms with van der Waals surface area (Å²) in [5.41, 5.74) is 1.72. The summed E-state index contributed by atoms with van der Waals surface area (Å²) in [6.45, 7) is 0.861. The third-order valence-corrected chi connectivity index (χ3v) is 8.31. The molecule has 1 fully saturated rings. The fourth-order valence-electron chi connectivity index (χ4n) is 3.55. The molecule has 1 aliphatic rings. The van der Waals surface area contributed by atoms with Crippen molar-refractivity contribution >= 4 is 27.1 Å². The molecule has 8 heteroatoms. The van der Waals surface area contributed by atoms with Gasteiger partial charge in [-0.3, -0.25) is 4.79 Å². The second-order valence-corrected chi connectivity index (χ2v) is 9.98. The lowest BCUT2D eigenvalue weighted by Gasteiger charge is -2.31. The summed E-state index contributed by atoms with van der Waals surface area (Å²) in [5, 5.41) is 1.62. The highest BCUT2D eigenvalue weighted by molar-refractivity contribution is 7.91. The molecule has 0 atom stereocenters. The fourth-order valence-corrected chi connectivity index (χ4v) is 6.08. The molecule has 3 aromatic rings. The zero-order chi connectivity index (χ0) is 19.7. The lowest BCUT2D eigenvalue weighted by Crippen LogP contribution is -2.42. The van der Waals surface area contributed by atoms with Gasteiger partial charge in [0.05, 0.1) is 5.25 Å². The van der Waals surface area contributed by atoms with Gasteiger partial charge in [0.2, 0.25) is 15.0 Å². The van der Waals surface area contributed by atoms with E-state index in [9.17, 15) is 13.2 Å². The Morgan fingerprint density at radius 1 is 1.14 bits per heavy atom. The molecule has 0 spiro atoms. The topological polar surface area (TPSA) is 72.3 Å². The molecule has 1 saturated heterocycles. The van der Waals surface area contributed by atoms with Crippen LogP contribution < -0.4 is 0 Å². The smallest absolute Gasteiger partial charge is 0.253 e. The minimum atomic E-state index is -3.48. The number of thiophene rings is 1. The van der Waals surface area contributed by atoms with Gasteiger partial charge in [-0.25, -0.2) is 13.4 Å². The predicted molar refractivity (Wildman–Crippen MR) is 109 cm³/mol. The molecular weight excluding hydrogens is 394 g/mol. The summed E-state index contributed by atoms with van der Waals surface area (Å²) in [4.78, 5) is 19.7. The number of likely N-dealkylation sites (tertiary alicyclic amines) is 1. The van der Waals surface area contributed by atoms with Crippen LogP contribution in [0.1, 0.15) is 23.2 Å². The van der Waals surface area contributed by atoms with E-state index in [-0.39, 0.29) is 11.1 Å². The van der Waals surface area contributed by atoms with Gasteiger partial charge in [-0.05, 0) is 42.0 Å². The van der Waals surface area contributed by atoms with Gasteiger partial charge in [-0.15, -0.1) is 11.3 Å². The Hall–Kier alpha value is -2.45. The zero-order valence-electron chi connectivity index (χ0n) is 15.5. The maximum atomic E-state index is 12.8. The Balaban J connectivity index is 1.42. The van der Waals surface area contributed by atoms with E-state index in [0.29, 0.717) is 31.5 Å². The minimum absolute atomic E-state index is 0.0504. The van der Waals surface area contributed by atoms with E-state index >= 15 is 0 Å². The predicted octanol–water partition coefficient (Wildman–Crippen LogP) is 3.23. The molecule has 4 rings (SSSR count). The van der Waals surface area contributed by atoms with Crippen LogP contribution in [-0.2, 0) is 16.9 Å². The zero-order valence-corrected chi connectivity index (χ0v) is 17.1. The summed E-state index contributed by atoms with van der Waals surface area (Å²) in [6.07, 6.45) is 3.97. The van der Waals surface area contributed by atoms with Crippen LogP contribution in [-0.4, -0.2) is 47.1 Å². The van der Waals surface area contributed by atoms with Crippen molar-refractivity contribution in [3.05, 3.63) is 59.7 Å². The van der Waals surface area contributed by atoms with Crippen LogP contribution in [0, 0.1) is 0 Å². The normalized spacial score (nSPS) is 15.7.